The van der Waals surface area contributed by atoms with E-state index in [1.807, 2.05) is 0 Å². The Balaban J connectivity index is 0.000000151. The van der Waals surface area contributed by atoms with E-state index in [-0.39, 0.29) is 79.9 Å². The zero-order chi connectivity index (χ0) is 41.3. The highest BCUT2D eigenvalue weighted by Gasteiger charge is 2.55. The van der Waals surface area contributed by atoms with Crippen molar-refractivity contribution in [1.29, 1.82) is 0 Å². The van der Waals surface area contributed by atoms with E-state index in [0.29, 0.717) is 32.2 Å². The first-order valence-corrected chi connectivity index (χ1v) is 18.8. The van der Waals surface area contributed by atoms with Gasteiger partial charge in [-0.1, -0.05) is 11.6 Å². The second-order valence-electron chi connectivity index (χ2n) is 15.8. The predicted molar refractivity (Wildman–Crippen MR) is 202 cm³/mol. The molecule has 5 heterocycles. The number of rotatable bonds is 6. The van der Waals surface area contributed by atoms with E-state index >= 15 is 4.39 Å². The molecule has 0 amide bonds. The molecule has 3 saturated carbocycles. The number of benzene rings is 2. The standard InChI is InChI=1S/C20H15F3N4O3.C19H18ClF2N3O3/c21-8-1-2-15(13(22)3-8)27-7-12(20(29)30)17(28)9-4-14(23)19(25-18(9)27)26-5-10-11(6-26)16(10)24;20-14-15-8(17(26)9(18(27)28)5-25(15)12-4-10(12)21)3-11(22)16(14)24-6-13(23)19(7-24)1-2-19/h1-4,7,10-11,16H,5-6,24H2,(H,29,30);3,5,10,12-13H,1-2,4,6-7,23H2,(H,27,28)/t10-,11+,16+;10-,12+,13+/m.0/s1. The van der Waals surface area contributed by atoms with Gasteiger partial charge in [0, 0.05) is 68.6 Å². The SMILES string of the molecule is N[C@@H]1CN(c2c(F)cc3c(=O)c(C(=O)O)cn([C@@H]4C[C@@H]4F)c3c2Cl)CC12CC2.N[C@@H]1[C@H]2CN(c3nc4c(cc3F)c(=O)c(C(=O)O)cn4-c3ccc(F)cc3F)C[C@@H]12. The Hall–Kier alpha value is -5.59. The van der Waals surface area contributed by atoms with Gasteiger partial charge in [0.15, 0.2) is 17.3 Å². The van der Waals surface area contributed by atoms with Crippen LogP contribution in [0.5, 0.6) is 0 Å². The smallest absolute Gasteiger partial charge is 0.341 e. The lowest BCUT2D eigenvalue weighted by Crippen LogP contribution is -2.30. The topological polar surface area (TPSA) is 190 Å². The Morgan fingerprint density at radius 3 is 2.05 bits per heavy atom. The first-order valence-electron chi connectivity index (χ1n) is 18.4. The van der Waals surface area contributed by atoms with E-state index in [2.05, 4.69) is 4.98 Å². The molecule has 3 aromatic heterocycles. The summed E-state index contributed by atoms with van der Waals surface area (Å²) in [5, 5.41) is 18.2. The molecule has 1 spiro atoms. The van der Waals surface area contributed by atoms with Crippen molar-refractivity contribution in [2.24, 2.45) is 28.7 Å². The minimum Gasteiger partial charge on any atom is -0.477 e. The number of pyridine rings is 3. The molecule has 0 unspecified atom stereocenters. The molecule has 58 heavy (non-hydrogen) atoms. The number of piperidine rings is 1. The summed E-state index contributed by atoms with van der Waals surface area (Å²) in [6.07, 6.45) is 3.02. The number of hydrogen-bond acceptors (Lipinski definition) is 9. The summed E-state index contributed by atoms with van der Waals surface area (Å²) >= 11 is 6.56. The van der Waals surface area contributed by atoms with Gasteiger partial charge in [-0.2, -0.15) is 0 Å². The van der Waals surface area contributed by atoms with E-state index in [1.165, 1.54) is 4.57 Å². The number of carboxylic acid groups (broad SMARTS) is 2. The van der Waals surface area contributed by atoms with Crippen LogP contribution in [0.2, 0.25) is 5.02 Å². The van der Waals surface area contributed by atoms with Crippen LogP contribution in [0.15, 0.2) is 52.3 Å². The highest BCUT2D eigenvalue weighted by atomic mass is 35.5. The number of carboxylic acids is 2. The Labute approximate surface area is 328 Å². The fourth-order valence-electron chi connectivity index (χ4n) is 8.62. The molecule has 6 N–H and O–H groups in total. The Kier molecular flexibility index (Phi) is 8.65. The van der Waals surface area contributed by atoms with E-state index < -0.39 is 69.4 Å². The van der Waals surface area contributed by atoms with Crippen molar-refractivity contribution in [3.05, 3.63) is 103 Å². The number of carbonyl (C=O) groups is 2. The van der Waals surface area contributed by atoms with Gasteiger partial charge >= 0.3 is 11.9 Å². The molecule has 302 valence electrons. The van der Waals surface area contributed by atoms with Gasteiger partial charge in [0.1, 0.15) is 34.8 Å². The highest BCUT2D eigenvalue weighted by molar-refractivity contribution is 6.38. The number of aromatic nitrogens is 3. The van der Waals surface area contributed by atoms with Crippen molar-refractivity contribution in [3.63, 3.8) is 0 Å². The second-order valence-corrected chi connectivity index (χ2v) is 16.2. The summed E-state index contributed by atoms with van der Waals surface area (Å²) in [6, 6.07) is 4.00. The minimum absolute atomic E-state index is 0.00645. The molecule has 0 bridgehead atoms. The van der Waals surface area contributed by atoms with Crippen LogP contribution in [0.1, 0.15) is 46.0 Å². The third-order valence-electron chi connectivity index (χ3n) is 12.2. The van der Waals surface area contributed by atoms with E-state index in [9.17, 15) is 47.0 Å². The summed E-state index contributed by atoms with van der Waals surface area (Å²) in [5.41, 5.74) is 9.09. The van der Waals surface area contributed by atoms with Gasteiger partial charge in [0.25, 0.3) is 0 Å². The lowest BCUT2D eigenvalue weighted by Gasteiger charge is -2.23. The predicted octanol–water partition coefficient (Wildman–Crippen LogP) is 4.60. The first-order chi connectivity index (χ1) is 27.5. The van der Waals surface area contributed by atoms with Crippen LogP contribution >= 0.6 is 11.6 Å². The van der Waals surface area contributed by atoms with Crippen molar-refractivity contribution in [1.82, 2.24) is 14.1 Å². The monoisotopic (exact) mass is 825 g/mol. The number of hydrogen-bond donors (Lipinski definition) is 4. The summed E-state index contributed by atoms with van der Waals surface area (Å²) in [7, 11) is 0. The summed E-state index contributed by atoms with van der Waals surface area (Å²) in [6.45, 7) is 2.02. The molecular formula is C39H33ClF5N7O6. The largest absolute Gasteiger partial charge is 0.477 e. The van der Waals surface area contributed by atoms with Crippen LogP contribution in [-0.4, -0.2) is 80.7 Å². The molecular weight excluding hydrogens is 793 g/mol. The minimum atomic E-state index is -1.56. The summed E-state index contributed by atoms with van der Waals surface area (Å²) < 4.78 is 73.9. The van der Waals surface area contributed by atoms with Gasteiger partial charge in [-0.05, 0) is 48.9 Å². The Bertz CT molecular complexity index is 2750. The Morgan fingerprint density at radius 2 is 1.47 bits per heavy atom. The molecule has 2 saturated heterocycles. The normalized spacial score (nSPS) is 24.9. The van der Waals surface area contributed by atoms with Gasteiger partial charge in [0.2, 0.25) is 10.9 Å². The molecule has 10 rings (SSSR count). The van der Waals surface area contributed by atoms with Crippen molar-refractivity contribution in [2.45, 2.75) is 43.6 Å². The van der Waals surface area contributed by atoms with Crippen LogP contribution in [0.25, 0.3) is 27.6 Å². The maximum absolute atomic E-state index is 15.0. The number of nitrogens with zero attached hydrogens (tertiary/aromatic N) is 5. The first kappa shape index (κ1) is 38.0. The lowest BCUT2D eigenvalue weighted by atomic mass is 10.0. The van der Waals surface area contributed by atoms with E-state index in [0.717, 1.165) is 54.1 Å². The zero-order valence-electron chi connectivity index (χ0n) is 30.1. The average molecular weight is 826 g/mol. The zero-order valence-corrected chi connectivity index (χ0v) is 30.9. The van der Waals surface area contributed by atoms with Crippen molar-refractivity contribution < 1.29 is 41.8 Å². The molecule has 2 aliphatic heterocycles. The molecule has 5 fully saturated rings. The van der Waals surface area contributed by atoms with Crippen LogP contribution in [0.3, 0.4) is 0 Å². The second kappa shape index (κ2) is 13.2. The van der Waals surface area contributed by atoms with E-state index in [1.54, 1.807) is 9.80 Å². The van der Waals surface area contributed by atoms with Crippen LogP contribution in [-0.2, 0) is 0 Å². The van der Waals surface area contributed by atoms with Gasteiger partial charge in [0.05, 0.1) is 38.7 Å². The number of nitrogens with two attached hydrogens (primary N) is 2. The van der Waals surface area contributed by atoms with Gasteiger partial charge in [-0.25, -0.2) is 36.5 Å². The van der Waals surface area contributed by atoms with Crippen LogP contribution in [0, 0.1) is 40.5 Å². The molecule has 6 atom stereocenters. The number of fused-ring (bicyclic) bond motifs is 3. The number of halogens is 6. The van der Waals surface area contributed by atoms with Crippen LogP contribution in [0.4, 0.5) is 33.5 Å². The number of alkyl halides is 1. The molecule has 13 nitrogen and oxygen atoms in total. The van der Waals surface area contributed by atoms with Crippen LogP contribution < -0.4 is 32.1 Å². The molecule has 0 radical (unpaired) electrons. The average Bonchev–Trinajstić information content (AvgIpc) is 4.11. The van der Waals surface area contributed by atoms with Gasteiger partial charge < -0.3 is 36.0 Å². The summed E-state index contributed by atoms with van der Waals surface area (Å²) in [5.74, 6) is -5.86. The van der Waals surface area contributed by atoms with Crippen molar-refractivity contribution in [2.75, 3.05) is 36.0 Å². The van der Waals surface area contributed by atoms with E-state index in [4.69, 9.17) is 23.1 Å². The third-order valence-corrected chi connectivity index (χ3v) is 12.6. The fourth-order valence-corrected chi connectivity index (χ4v) is 9.03. The maximum atomic E-state index is 15.0. The lowest BCUT2D eigenvalue weighted by molar-refractivity contribution is 0.0684. The van der Waals surface area contributed by atoms with Gasteiger partial charge in [-0.3, -0.25) is 14.2 Å². The quantitative estimate of drug-likeness (QED) is 0.175. The fraction of sp³-hybridized carbons (Fsp3) is 0.359. The highest BCUT2D eigenvalue weighted by Crippen LogP contribution is 2.54. The van der Waals surface area contributed by atoms with Crippen molar-refractivity contribution in [3.8, 4) is 5.69 Å². The summed E-state index contributed by atoms with van der Waals surface area (Å²) in [4.78, 5) is 55.9. The number of aromatic carboxylic acids is 2. The number of anilines is 2. The molecule has 2 aromatic carbocycles. The molecule has 5 aromatic rings. The molecule has 3 aliphatic carbocycles. The maximum Gasteiger partial charge on any atom is 0.341 e. The van der Waals surface area contributed by atoms with Crippen molar-refractivity contribution >= 4 is 57.0 Å². The molecule has 5 aliphatic rings. The molecule has 19 heteroatoms. The van der Waals surface area contributed by atoms with Gasteiger partial charge in [-0.15, -0.1) is 0 Å². The Morgan fingerprint density at radius 1 is 0.845 bits per heavy atom. The third kappa shape index (κ3) is 5.98.